The number of aldehydes is 1. The van der Waals surface area contributed by atoms with Crippen LogP contribution in [0, 0.1) is 5.92 Å². The van der Waals surface area contributed by atoms with E-state index in [0.29, 0.717) is 0 Å². The Morgan fingerprint density at radius 3 is 2.92 bits per heavy atom. The minimum atomic E-state index is -0.408. The molecule has 1 atom stereocenters. The largest absolute Gasteiger partial charge is 0.303 e. The van der Waals surface area contributed by atoms with E-state index in [1.807, 2.05) is 12.1 Å². The molecule has 12 heavy (non-hydrogen) atoms. The maximum Gasteiger partial charge on any atom is 0.123 e. The first-order valence-corrected chi connectivity index (χ1v) is 4.34. The van der Waals surface area contributed by atoms with E-state index in [4.69, 9.17) is 1.37 Å². The third-order valence-corrected chi connectivity index (χ3v) is 2.51. The SMILES string of the molecule is [2H]C(=O)C1CCc2ccccc2C1. The third kappa shape index (κ3) is 1.27. The first kappa shape index (κ1) is 6.41. The molecule has 0 saturated heterocycles. The van der Waals surface area contributed by atoms with E-state index in [1.165, 1.54) is 11.1 Å². The van der Waals surface area contributed by atoms with Crippen molar-refractivity contribution in [1.29, 1.82) is 0 Å². The first-order chi connectivity index (χ1) is 6.27. The maximum absolute atomic E-state index is 10.9. The van der Waals surface area contributed by atoms with Crippen molar-refractivity contribution in [3.05, 3.63) is 35.4 Å². The molecule has 1 aromatic rings. The summed E-state index contributed by atoms with van der Waals surface area (Å²) in [5, 5.41) is 0. The van der Waals surface area contributed by atoms with Crippen molar-refractivity contribution in [3.63, 3.8) is 0 Å². The molecule has 62 valence electrons. The molecule has 0 heterocycles. The molecule has 0 saturated carbocycles. The van der Waals surface area contributed by atoms with Crippen LogP contribution in [0.1, 0.15) is 18.9 Å². The van der Waals surface area contributed by atoms with Crippen LogP contribution in [0.4, 0.5) is 0 Å². The summed E-state index contributed by atoms with van der Waals surface area (Å²) in [5.41, 5.74) is 2.60. The number of carbonyl (C=O) groups excluding carboxylic acids is 1. The summed E-state index contributed by atoms with van der Waals surface area (Å²) in [6.07, 6.45) is 2.15. The van der Waals surface area contributed by atoms with Gasteiger partial charge in [0.2, 0.25) is 0 Å². The van der Waals surface area contributed by atoms with Crippen LogP contribution >= 0.6 is 0 Å². The quantitative estimate of drug-likeness (QED) is 0.576. The molecular weight excluding hydrogens is 148 g/mol. The van der Waals surface area contributed by atoms with Gasteiger partial charge in [-0.3, -0.25) is 0 Å². The fourth-order valence-electron chi connectivity index (χ4n) is 1.80. The second kappa shape index (κ2) is 3.10. The molecule has 0 fully saturated rings. The van der Waals surface area contributed by atoms with Crippen molar-refractivity contribution in [3.8, 4) is 0 Å². The number of fused-ring (bicyclic) bond motifs is 1. The highest BCUT2D eigenvalue weighted by atomic mass is 16.1. The topological polar surface area (TPSA) is 17.1 Å². The lowest BCUT2D eigenvalue weighted by Crippen LogP contribution is -2.14. The monoisotopic (exact) mass is 161 g/mol. The lowest BCUT2D eigenvalue weighted by atomic mass is 9.85. The molecule has 0 bridgehead atoms. The van der Waals surface area contributed by atoms with Crippen LogP contribution in [0.5, 0.6) is 0 Å². The predicted octanol–water partition coefficient (Wildman–Crippen LogP) is 1.99. The first-order valence-electron chi connectivity index (χ1n) is 4.84. The summed E-state index contributed by atoms with van der Waals surface area (Å²) in [5.74, 6) is -0.0603. The van der Waals surface area contributed by atoms with Crippen molar-refractivity contribution < 1.29 is 6.17 Å². The number of benzene rings is 1. The molecule has 0 radical (unpaired) electrons. The molecule has 1 nitrogen and oxygen atoms in total. The van der Waals surface area contributed by atoms with Gasteiger partial charge < -0.3 is 4.79 Å². The zero-order valence-corrected chi connectivity index (χ0v) is 6.92. The minimum absolute atomic E-state index is 0.0603. The standard InChI is InChI=1S/C11H12O/c12-8-9-5-6-10-3-1-2-4-11(10)7-9/h1-4,8-9H,5-7H2/i8D. The van der Waals surface area contributed by atoms with Gasteiger partial charge in [0.05, 0.1) is 0 Å². The van der Waals surface area contributed by atoms with Gasteiger partial charge in [0.25, 0.3) is 0 Å². The molecule has 0 amide bonds. The van der Waals surface area contributed by atoms with Gasteiger partial charge >= 0.3 is 0 Å². The highest BCUT2D eigenvalue weighted by molar-refractivity contribution is 5.55. The Kier molecular flexibility index (Phi) is 1.65. The van der Waals surface area contributed by atoms with Crippen LogP contribution in [0.15, 0.2) is 24.3 Å². The van der Waals surface area contributed by atoms with E-state index >= 15 is 0 Å². The zero-order chi connectivity index (χ0) is 9.26. The van der Waals surface area contributed by atoms with E-state index in [2.05, 4.69) is 12.1 Å². The highest BCUT2D eigenvalue weighted by Crippen LogP contribution is 2.23. The molecule has 0 aromatic heterocycles. The smallest absolute Gasteiger partial charge is 0.123 e. The molecule has 1 heteroatoms. The molecule has 1 unspecified atom stereocenters. The van der Waals surface area contributed by atoms with E-state index in [-0.39, 0.29) is 5.92 Å². The Morgan fingerprint density at radius 2 is 2.17 bits per heavy atom. The highest BCUT2D eigenvalue weighted by Gasteiger charge is 2.16. The van der Waals surface area contributed by atoms with E-state index in [0.717, 1.165) is 19.3 Å². The predicted molar refractivity (Wildman–Crippen MR) is 48.0 cm³/mol. The molecular formula is C11H12O. The molecule has 1 aliphatic rings. The van der Waals surface area contributed by atoms with Crippen LogP contribution in [-0.2, 0) is 17.6 Å². The van der Waals surface area contributed by atoms with E-state index in [1.54, 1.807) is 0 Å². The number of hydrogen-bond acceptors (Lipinski definition) is 1. The number of rotatable bonds is 1. The molecule has 2 rings (SSSR count). The summed E-state index contributed by atoms with van der Waals surface area (Å²) < 4.78 is 7.07. The summed E-state index contributed by atoms with van der Waals surface area (Å²) in [6.45, 7) is 0. The van der Waals surface area contributed by atoms with Crippen LogP contribution in [0.3, 0.4) is 0 Å². The average Bonchev–Trinajstić information content (AvgIpc) is 2.17. The van der Waals surface area contributed by atoms with Crippen molar-refractivity contribution in [2.24, 2.45) is 5.92 Å². The van der Waals surface area contributed by atoms with Gasteiger partial charge in [-0.1, -0.05) is 24.3 Å². The Labute approximate surface area is 73.8 Å². The van der Waals surface area contributed by atoms with Crippen molar-refractivity contribution in [2.45, 2.75) is 19.3 Å². The van der Waals surface area contributed by atoms with Gasteiger partial charge in [-0.25, -0.2) is 0 Å². The van der Waals surface area contributed by atoms with Gasteiger partial charge in [0.1, 0.15) is 7.63 Å². The lowest BCUT2D eigenvalue weighted by molar-refractivity contribution is -0.111. The summed E-state index contributed by atoms with van der Waals surface area (Å²) in [7, 11) is 0. The average molecular weight is 161 g/mol. The lowest BCUT2D eigenvalue weighted by Gasteiger charge is -2.19. The van der Waals surface area contributed by atoms with Gasteiger partial charge in [-0.05, 0) is 30.4 Å². The summed E-state index contributed by atoms with van der Waals surface area (Å²) >= 11 is 0. The maximum atomic E-state index is 10.9. The normalized spacial score (nSPS) is 22.7. The Balaban J connectivity index is 2.24. The fourth-order valence-corrected chi connectivity index (χ4v) is 1.80. The molecule has 1 aliphatic carbocycles. The van der Waals surface area contributed by atoms with E-state index in [9.17, 15) is 4.79 Å². The number of hydrogen-bond donors (Lipinski definition) is 0. The minimum Gasteiger partial charge on any atom is -0.303 e. The van der Waals surface area contributed by atoms with Crippen LogP contribution in [0.25, 0.3) is 0 Å². The molecule has 0 spiro atoms. The molecule has 1 aromatic carbocycles. The Hall–Kier alpha value is -1.11. The number of carbonyl (C=O) groups is 1. The van der Waals surface area contributed by atoms with Gasteiger partial charge in [0.15, 0.2) is 0 Å². The molecule has 0 aliphatic heterocycles. The second-order valence-electron chi connectivity index (χ2n) is 3.33. The van der Waals surface area contributed by atoms with Crippen molar-refractivity contribution >= 4 is 6.26 Å². The van der Waals surface area contributed by atoms with Crippen molar-refractivity contribution in [1.82, 2.24) is 0 Å². The molecule has 0 N–H and O–H groups in total. The Morgan fingerprint density at radius 1 is 1.42 bits per heavy atom. The van der Waals surface area contributed by atoms with Gasteiger partial charge in [0, 0.05) is 5.92 Å². The van der Waals surface area contributed by atoms with Gasteiger partial charge in [-0.15, -0.1) is 0 Å². The summed E-state index contributed by atoms with van der Waals surface area (Å²) in [4.78, 5) is 10.9. The second-order valence-corrected chi connectivity index (χ2v) is 3.33. The van der Waals surface area contributed by atoms with Crippen LogP contribution < -0.4 is 0 Å². The number of aryl methyl sites for hydroxylation is 1. The van der Waals surface area contributed by atoms with Crippen LogP contribution in [-0.4, -0.2) is 6.26 Å². The fraction of sp³-hybridized carbons (Fsp3) is 0.364. The third-order valence-electron chi connectivity index (χ3n) is 2.51. The Bertz CT molecular complexity index is 333. The van der Waals surface area contributed by atoms with Crippen LogP contribution in [0.2, 0.25) is 0 Å². The zero-order valence-electron chi connectivity index (χ0n) is 7.92. The van der Waals surface area contributed by atoms with Gasteiger partial charge in [-0.2, -0.15) is 0 Å². The van der Waals surface area contributed by atoms with E-state index < -0.39 is 6.26 Å². The van der Waals surface area contributed by atoms with Crippen molar-refractivity contribution in [2.75, 3.05) is 0 Å². The summed E-state index contributed by atoms with van der Waals surface area (Å²) in [6, 6.07) is 8.20.